The molecule has 134 valence electrons. The van der Waals surface area contributed by atoms with Gasteiger partial charge >= 0.3 is 0 Å². The Balaban J connectivity index is 1.74. The molecular weight excluding hydrogens is 338 g/mol. The molecule has 0 unspecified atom stereocenters. The number of rotatable bonds is 3. The summed E-state index contributed by atoms with van der Waals surface area (Å²) in [6, 6.07) is 15.8. The van der Waals surface area contributed by atoms with Gasteiger partial charge in [0, 0.05) is 18.0 Å². The first-order valence-electron chi connectivity index (χ1n) is 9.05. The van der Waals surface area contributed by atoms with E-state index >= 15 is 0 Å². The minimum Gasteiger partial charge on any atom is -0.389 e. The van der Waals surface area contributed by atoms with Crippen LogP contribution in [0.25, 0.3) is 33.3 Å². The van der Waals surface area contributed by atoms with Crippen molar-refractivity contribution in [1.29, 1.82) is 0 Å². The zero-order chi connectivity index (χ0) is 18.2. The van der Waals surface area contributed by atoms with Crippen LogP contribution in [-0.2, 0) is 0 Å². The molecule has 1 aliphatic rings. The van der Waals surface area contributed by atoms with Crippen molar-refractivity contribution in [2.75, 3.05) is 11.9 Å². The fourth-order valence-electron chi connectivity index (χ4n) is 3.61. The van der Waals surface area contributed by atoms with E-state index in [9.17, 15) is 4.79 Å². The van der Waals surface area contributed by atoms with Gasteiger partial charge < -0.3 is 20.6 Å². The van der Waals surface area contributed by atoms with Crippen molar-refractivity contribution < 1.29 is 0 Å². The van der Waals surface area contributed by atoms with Gasteiger partial charge in [0.2, 0.25) is 0 Å². The molecule has 0 radical (unpaired) electrons. The van der Waals surface area contributed by atoms with Gasteiger partial charge in [-0.3, -0.25) is 4.79 Å². The predicted octanol–water partition coefficient (Wildman–Crippen LogP) is 3.36. The smallest absolute Gasteiger partial charge is 0.261 e. The number of imidazole rings is 1. The molecule has 1 aliphatic heterocycles. The van der Waals surface area contributed by atoms with Crippen LogP contribution in [0, 0.1) is 0 Å². The summed E-state index contributed by atoms with van der Waals surface area (Å²) in [4.78, 5) is 23.9. The van der Waals surface area contributed by atoms with Crippen LogP contribution < -0.4 is 16.2 Å². The maximum absolute atomic E-state index is 13.0. The molecule has 0 fully saturated rings. The molecule has 2 aromatic heterocycles. The molecule has 6 nitrogen and oxygen atoms in total. The lowest BCUT2D eigenvalue weighted by Crippen LogP contribution is -2.33. The van der Waals surface area contributed by atoms with Gasteiger partial charge in [0.1, 0.15) is 11.4 Å². The number of para-hydroxylation sites is 3. The number of H-pyrrole nitrogens is 2. The van der Waals surface area contributed by atoms with Gasteiger partial charge in [0.05, 0.1) is 22.2 Å². The average Bonchev–Trinajstić information content (AvgIpc) is 3.12. The molecule has 0 aliphatic carbocycles. The van der Waals surface area contributed by atoms with Crippen LogP contribution in [-0.4, -0.2) is 27.5 Å². The first-order chi connectivity index (χ1) is 13.3. The summed E-state index contributed by atoms with van der Waals surface area (Å²) in [5, 5.41) is 7.80. The second-order valence-corrected chi connectivity index (χ2v) is 6.74. The Hall–Kier alpha value is -3.54. The molecule has 27 heavy (non-hydrogen) atoms. The highest BCUT2D eigenvalue weighted by atomic mass is 16.1. The molecule has 5 rings (SSSR count). The summed E-state index contributed by atoms with van der Waals surface area (Å²) in [7, 11) is 0. The third kappa shape index (κ3) is 2.75. The van der Waals surface area contributed by atoms with E-state index in [0.29, 0.717) is 11.4 Å². The lowest BCUT2D eigenvalue weighted by Gasteiger charge is -2.23. The molecule has 1 atom stereocenters. The fourth-order valence-corrected chi connectivity index (χ4v) is 3.61. The number of aromatic amines is 2. The van der Waals surface area contributed by atoms with Crippen molar-refractivity contribution in [1.82, 2.24) is 20.3 Å². The SMILES string of the molecule is O=c1[nH]c2ccccc2c(N[C@H]2CC=CNC2)c1-c1nc2ccccc2[nH]1. The number of fused-ring (bicyclic) bond motifs is 2. The molecule has 0 bridgehead atoms. The Morgan fingerprint density at radius 1 is 1.00 bits per heavy atom. The Morgan fingerprint density at radius 3 is 2.63 bits per heavy atom. The van der Waals surface area contributed by atoms with Crippen LogP contribution >= 0.6 is 0 Å². The van der Waals surface area contributed by atoms with E-state index in [0.717, 1.165) is 40.6 Å². The highest BCUT2D eigenvalue weighted by Gasteiger charge is 2.20. The second-order valence-electron chi connectivity index (χ2n) is 6.74. The summed E-state index contributed by atoms with van der Waals surface area (Å²) >= 11 is 0. The molecule has 2 aromatic carbocycles. The number of hydrogen-bond donors (Lipinski definition) is 4. The van der Waals surface area contributed by atoms with Gasteiger partial charge in [-0.1, -0.05) is 36.4 Å². The molecule has 0 saturated heterocycles. The standard InChI is InChI=1S/C21H19N5O/c27-21-18(20-24-16-9-3-4-10-17(16)25-20)19(23-13-6-5-11-22-12-13)14-7-1-2-8-15(14)26-21/h1-5,7-11,13,22H,6,12H2,(H,24,25)(H2,23,26,27)/t13-/m0/s1. The van der Waals surface area contributed by atoms with Gasteiger partial charge in [0.25, 0.3) is 5.56 Å². The van der Waals surface area contributed by atoms with Gasteiger partial charge in [0.15, 0.2) is 0 Å². The Labute approximate surface area is 155 Å². The quantitative estimate of drug-likeness (QED) is 0.453. The topological polar surface area (TPSA) is 85.6 Å². The van der Waals surface area contributed by atoms with Crippen LogP contribution in [0.2, 0.25) is 0 Å². The molecule has 3 heterocycles. The van der Waals surface area contributed by atoms with Crippen molar-refractivity contribution in [2.45, 2.75) is 12.5 Å². The number of hydrogen-bond acceptors (Lipinski definition) is 4. The highest BCUT2D eigenvalue weighted by molar-refractivity contribution is 5.99. The van der Waals surface area contributed by atoms with Gasteiger partial charge in [-0.15, -0.1) is 0 Å². The Kier molecular flexibility index (Phi) is 3.67. The molecule has 0 spiro atoms. The fraction of sp³-hybridized carbons (Fsp3) is 0.143. The van der Waals surface area contributed by atoms with Crippen molar-refractivity contribution >= 4 is 27.6 Å². The highest BCUT2D eigenvalue weighted by Crippen LogP contribution is 2.31. The summed E-state index contributed by atoms with van der Waals surface area (Å²) < 4.78 is 0. The van der Waals surface area contributed by atoms with Crippen LogP contribution in [0.3, 0.4) is 0 Å². The molecule has 0 amide bonds. The minimum absolute atomic E-state index is 0.158. The average molecular weight is 357 g/mol. The van der Waals surface area contributed by atoms with E-state index in [-0.39, 0.29) is 11.6 Å². The third-order valence-electron chi connectivity index (χ3n) is 4.92. The number of anilines is 1. The maximum atomic E-state index is 13.0. The van der Waals surface area contributed by atoms with E-state index in [2.05, 4.69) is 31.7 Å². The van der Waals surface area contributed by atoms with Crippen LogP contribution in [0.1, 0.15) is 6.42 Å². The predicted molar refractivity (Wildman–Crippen MR) is 109 cm³/mol. The van der Waals surface area contributed by atoms with Crippen molar-refractivity contribution in [3.63, 3.8) is 0 Å². The number of aromatic nitrogens is 3. The van der Waals surface area contributed by atoms with Crippen LogP contribution in [0.15, 0.2) is 65.6 Å². The lowest BCUT2D eigenvalue weighted by molar-refractivity contribution is 0.651. The van der Waals surface area contributed by atoms with Crippen molar-refractivity contribution in [2.24, 2.45) is 0 Å². The van der Waals surface area contributed by atoms with Crippen molar-refractivity contribution in [3.8, 4) is 11.4 Å². The van der Waals surface area contributed by atoms with Crippen LogP contribution in [0.4, 0.5) is 5.69 Å². The summed E-state index contributed by atoms with van der Waals surface area (Å²) in [6.07, 6.45) is 4.96. The molecular formula is C21H19N5O. The van der Waals surface area contributed by atoms with E-state index in [1.54, 1.807) is 0 Å². The van der Waals surface area contributed by atoms with E-state index in [1.807, 2.05) is 54.7 Å². The van der Waals surface area contributed by atoms with Crippen LogP contribution in [0.5, 0.6) is 0 Å². The van der Waals surface area contributed by atoms with Gasteiger partial charge in [-0.05, 0) is 30.8 Å². The van der Waals surface area contributed by atoms with E-state index in [1.165, 1.54) is 0 Å². The molecule has 4 aromatic rings. The number of nitrogens with one attached hydrogen (secondary N) is 4. The van der Waals surface area contributed by atoms with Gasteiger partial charge in [-0.25, -0.2) is 4.98 Å². The van der Waals surface area contributed by atoms with Crippen molar-refractivity contribution in [3.05, 3.63) is 71.2 Å². The number of pyridine rings is 1. The molecule has 6 heteroatoms. The summed E-state index contributed by atoms with van der Waals surface area (Å²) in [6.45, 7) is 0.803. The third-order valence-corrected chi connectivity index (χ3v) is 4.92. The Bertz CT molecular complexity index is 1190. The lowest BCUT2D eigenvalue weighted by atomic mass is 10.1. The summed E-state index contributed by atoms with van der Waals surface area (Å²) in [5.74, 6) is 0.574. The Morgan fingerprint density at radius 2 is 1.81 bits per heavy atom. The zero-order valence-electron chi connectivity index (χ0n) is 14.6. The van der Waals surface area contributed by atoms with Gasteiger partial charge in [-0.2, -0.15) is 0 Å². The van der Waals surface area contributed by atoms with E-state index < -0.39 is 0 Å². The molecule has 0 saturated carbocycles. The number of nitrogens with zero attached hydrogens (tertiary/aromatic N) is 1. The maximum Gasteiger partial charge on any atom is 0.261 e. The molecule has 4 N–H and O–H groups in total. The summed E-state index contributed by atoms with van der Waals surface area (Å²) in [5.41, 5.74) is 3.76. The zero-order valence-corrected chi connectivity index (χ0v) is 14.6. The largest absolute Gasteiger partial charge is 0.389 e. The monoisotopic (exact) mass is 357 g/mol. The normalized spacial score (nSPS) is 16.5. The first-order valence-corrected chi connectivity index (χ1v) is 9.05. The number of benzene rings is 2. The second kappa shape index (κ2) is 6.32. The van der Waals surface area contributed by atoms with E-state index in [4.69, 9.17) is 0 Å². The minimum atomic E-state index is -0.158. The first kappa shape index (κ1) is 15.7.